The zero-order valence-electron chi connectivity index (χ0n) is 12.6. The summed E-state index contributed by atoms with van der Waals surface area (Å²) in [4.78, 5) is 16.6. The average Bonchev–Trinajstić information content (AvgIpc) is 3.21. The van der Waals surface area contributed by atoms with E-state index in [0.29, 0.717) is 5.69 Å². The molecule has 0 aliphatic carbocycles. The monoisotopic (exact) mass is 318 g/mol. The van der Waals surface area contributed by atoms with Crippen molar-refractivity contribution in [2.24, 2.45) is 4.99 Å². The fourth-order valence-corrected chi connectivity index (χ4v) is 2.73. The number of aromatic hydroxyl groups is 1. The summed E-state index contributed by atoms with van der Waals surface area (Å²) < 4.78 is 5.39. The quantitative estimate of drug-likeness (QED) is 0.714. The van der Waals surface area contributed by atoms with Gasteiger partial charge in [-0.3, -0.25) is 9.79 Å². The van der Waals surface area contributed by atoms with Crippen LogP contribution >= 0.6 is 0 Å². The number of hydrogen-bond acceptors (Lipinski definition) is 4. The van der Waals surface area contributed by atoms with E-state index in [1.807, 2.05) is 30.3 Å². The molecule has 0 saturated heterocycles. The van der Waals surface area contributed by atoms with Gasteiger partial charge in [-0.15, -0.1) is 0 Å². The van der Waals surface area contributed by atoms with Gasteiger partial charge in [0.05, 0.1) is 12.0 Å². The summed E-state index contributed by atoms with van der Waals surface area (Å²) in [5.74, 6) is 0.403. The second-order valence-electron chi connectivity index (χ2n) is 5.54. The van der Waals surface area contributed by atoms with E-state index >= 15 is 0 Å². The molecule has 1 aliphatic heterocycles. The normalized spacial score (nSPS) is 16.3. The summed E-state index contributed by atoms with van der Waals surface area (Å²) in [6, 6.07) is 16.0. The molecule has 2 N–H and O–H groups in total. The Labute approximate surface area is 138 Å². The number of rotatable bonds is 3. The van der Waals surface area contributed by atoms with Crippen LogP contribution in [0.2, 0.25) is 0 Å². The maximum atomic E-state index is 12.2. The molecule has 0 radical (unpaired) electrons. The maximum Gasteiger partial charge on any atom is 0.237 e. The van der Waals surface area contributed by atoms with Gasteiger partial charge in [-0.25, -0.2) is 0 Å². The van der Waals surface area contributed by atoms with Gasteiger partial charge in [0.1, 0.15) is 17.4 Å². The van der Waals surface area contributed by atoms with Gasteiger partial charge < -0.3 is 14.8 Å². The van der Waals surface area contributed by atoms with Gasteiger partial charge in [0, 0.05) is 17.5 Å². The Kier molecular flexibility index (Phi) is 3.39. The number of furan rings is 1. The lowest BCUT2D eigenvalue weighted by Gasteiger charge is -2.04. The Bertz CT molecular complexity index is 912. The van der Waals surface area contributed by atoms with Gasteiger partial charge in [-0.05, 0) is 48.0 Å². The number of benzene rings is 2. The van der Waals surface area contributed by atoms with Crippen molar-refractivity contribution < 1.29 is 14.3 Å². The number of nitrogens with one attached hydrogen (secondary N) is 1. The van der Waals surface area contributed by atoms with Crippen LogP contribution in [-0.2, 0) is 4.79 Å². The molecule has 1 atom stereocenters. The highest BCUT2D eigenvalue weighted by atomic mass is 16.3. The van der Waals surface area contributed by atoms with Crippen molar-refractivity contribution >= 4 is 23.5 Å². The molecule has 0 spiro atoms. The van der Waals surface area contributed by atoms with E-state index in [-0.39, 0.29) is 11.7 Å². The number of phenolic OH excluding ortho intramolecular Hbond substituents is 1. The summed E-state index contributed by atoms with van der Waals surface area (Å²) in [7, 11) is 0. The van der Waals surface area contributed by atoms with Crippen molar-refractivity contribution in [1.82, 2.24) is 0 Å². The molecule has 1 unspecified atom stereocenters. The molecule has 118 valence electrons. The molecule has 5 heteroatoms. The highest BCUT2D eigenvalue weighted by molar-refractivity contribution is 6.13. The van der Waals surface area contributed by atoms with Gasteiger partial charge in [-0.1, -0.05) is 12.1 Å². The Morgan fingerprint density at radius 2 is 1.96 bits per heavy atom. The van der Waals surface area contributed by atoms with Crippen LogP contribution in [0.25, 0.3) is 11.3 Å². The number of carbonyl (C=O) groups is 1. The SMILES string of the molecule is O=C1Nc2cc(-c3ccco3)ccc2C1C=Nc1ccc(O)cc1. The minimum absolute atomic E-state index is 0.107. The first-order valence-corrected chi connectivity index (χ1v) is 7.52. The lowest BCUT2D eigenvalue weighted by Crippen LogP contribution is -2.12. The van der Waals surface area contributed by atoms with Gasteiger partial charge in [0.15, 0.2) is 0 Å². The van der Waals surface area contributed by atoms with E-state index in [9.17, 15) is 9.90 Å². The van der Waals surface area contributed by atoms with Crippen molar-refractivity contribution in [3.8, 4) is 17.1 Å². The number of aliphatic imine (C=N–C) groups is 1. The van der Waals surface area contributed by atoms with E-state index in [4.69, 9.17) is 4.42 Å². The molecule has 4 rings (SSSR count). The number of anilines is 1. The predicted octanol–water partition coefficient (Wildman–Crippen LogP) is 4.09. The molecule has 2 heterocycles. The van der Waals surface area contributed by atoms with Crippen LogP contribution in [0.3, 0.4) is 0 Å². The fraction of sp³-hybridized carbons (Fsp3) is 0.0526. The first kappa shape index (κ1) is 14.3. The van der Waals surface area contributed by atoms with Crippen molar-refractivity contribution in [1.29, 1.82) is 0 Å². The zero-order chi connectivity index (χ0) is 16.5. The van der Waals surface area contributed by atoms with E-state index in [2.05, 4.69) is 10.3 Å². The molecular formula is C19H14N2O3. The number of hydrogen-bond donors (Lipinski definition) is 2. The zero-order valence-corrected chi connectivity index (χ0v) is 12.6. The van der Waals surface area contributed by atoms with Gasteiger partial charge in [0.25, 0.3) is 0 Å². The molecular weight excluding hydrogens is 304 g/mol. The van der Waals surface area contributed by atoms with Crippen molar-refractivity contribution in [3.05, 3.63) is 66.4 Å². The molecule has 24 heavy (non-hydrogen) atoms. The smallest absolute Gasteiger partial charge is 0.237 e. The van der Waals surface area contributed by atoms with Crippen LogP contribution in [0.4, 0.5) is 11.4 Å². The second-order valence-corrected chi connectivity index (χ2v) is 5.54. The number of carbonyl (C=O) groups excluding carboxylic acids is 1. The van der Waals surface area contributed by atoms with Crippen molar-refractivity contribution in [3.63, 3.8) is 0 Å². The van der Waals surface area contributed by atoms with Crippen LogP contribution in [-0.4, -0.2) is 17.2 Å². The molecule has 3 aromatic rings. The third kappa shape index (κ3) is 2.56. The second kappa shape index (κ2) is 5.70. The fourth-order valence-electron chi connectivity index (χ4n) is 2.73. The van der Waals surface area contributed by atoms with Crippen LogP contribution in [0.1, 0.15) is 11.5 Å². The van der Waals surface area contributed by atoms with E-state index in [1.54, 1.807) is 36.7 Å². The summed E-state index contributed by atoms with van der Waals surface area (Å²) in [6.45, 7) is 0. The third-order valence-corrected chi connectivity index (χ3v) is 3.96. The third-order valence-electron chi connectivity index (χ3n) is 3.96. The largest absolute Gasteiger partial charge is 0.508 e. The molecule has 1 aliphatic rings. The molecule has 2 aromatic carbocycles. The molecule has 1 aromatic heterocycles. The number of amides is 1. The Hall–Kier alpha value is -3.34. The Morgan fingerprint density at radius 3 is 2.71 bits per heavy atom. The Balaban J connectivity index is 1.63. The maximum absolute atomic E-state index is 12.2. The highest BCUT2D eigenvalue weighted by Gasteiger charge is 2.29. The summed E-state index contributed by atoms with van der Waals surface area (Å²) >= 11 is 0. The standard InChI is InChI=1S/C19H14N2O3/c22-14-6-4-13(5-7-14)20-11-16-15-8-3-12(18-2-1-9-24-18)10-17(15)21-19(16)23/h1-11,16,22H,(H,21,23). The minimum Gasteiger partial charge on any atom is -0.508 e. The topological polar surface area (TPSA) is 74.8 Å². The Morgan fingerprint density at radius 1 is 1.12 bits per heavy atom. The molecule has 1 amide bonds. The van der Waals surface area contributed by atoms with E-state index < -0.39 is 5.92 Å². The number of nitrogens with zero attached hydrogens (tertiary/aromatic N) is 1. The van der Waals surface area contributed by atoms with Crippen LogP contribution < -0.4 is 5.32 Å². The van der Waals surface area contributed by atoms with Crippen molar-refractivity contribution in [2.75, 3.05) is 5.32 Å². The summed E-state index contributed by atoms with van der Waals surface area (Å²) in [5, 5.41) is 12.2. The van der Waals surface area contributed by atoms with Crippen LogP contribution in [0.5, 0.6) is 5.75 Å². The molecule has 0 fully saturated rings. The number of phenols is 1. The molecule has 0 saturated carbocycles. The first-order valence-electron chi connectivity index (χ1n) is 7.52. The minimum atomic E-state index is -0.431. The predicted molar refractivity (Wildman–Crippen MR) is 91.8 cm³/mol. The number of fused-ring (bicyclic) bond motifs is 1. The van der Waals surface area contributed by atoms with Crippen molar-refractivity contribution in [2.45, 2.75) is 5.92 Å². The van der Waals surface area contributed by atoms with Gasteiger partial charge in [0.2, 0.25) is 5.91 Å². The van der Waals surface area contributed by atoms with Gasteiger partial charge >= 0.3 is 0 Å². The molecule has 5 nitrogen and oxygen atoms in total. The average molecular weight is 318 g/mol. The van der Waals surface area contributed by atoms with E-state index in [1.165, 1.54) is 0 Å². The highest BCUT2D eigenvalue weighted by Crippen LogP contribution is 2.35. The summed E-state index contributed by atoms with van der Waals surface area (Å²) in [6.07, 6.45) is 3.24. The lowest BCUT2D eigenvalue weighted by molar-refractivity contribution is -0.115. The van der Waals surface area contributed by atoms with Crippen LogP contribution in [0, 0.1) is 0 Å². The van der Waals surface area contributed by atoms with E-state index in [0.717, 1.165) is 22.6 Å². The lowest BCUT2D eigenvalue weighted by atomic mass is 10.00. The van der Waals surface area contributed by atoms with Crippen LogP contribution in [0.15, 0.2) is 70.3 Å². The summed E-state index contributed by atoms with van der Waals surface area (Å²) in [5.41, 5.74) is 3.25. The van der Waals surface area contributed by atoms with Gasteiger partial charge in [-0.2, -0.15) is 0 Å². The first-order chi connectivity index (χ1) is 11.7. The molecule has 0 bridgehead atoms.